The van der Waals surface area contributed by atoms with E-state index in [-0.39, 0.29) is 11.9 Å². The van der Waals surface area contributed by atoms with Gasteiger partial charge in [-0.05, 0) is 38.4 Å². The Bertz CT molecular complexity index is 757. The Balaban J connectivity index is 1.74. The van der Waals surface area contributed by atoms with Gasteiger partial charge in [0.25, 0.3) is 0 Å². The molecule has 1 aliphatic rings. The molecule has 26 heavy (non-hydrogen) atoms. The summed E-state index contributed by atoms with van der Waals surface area (Å²) >= 11 is 0. The van der Waals surface area contributed by atoms with E-state index in [1.807, 2.05) is 18.5 Å². The topological polar surface area (TPSA) is 50.1 Å². The minimum absolute atomic E-state index is 0.0126. The fraction of sp³-hybridized carbons (Fsp3) is 0.588. The number of pyridine rings is 1. The number of hydrogen-bond acceptors (Lipinski definition) is 5. The second kappa shape index (κ2) is 7.22. The summed E-state index contributed by atoms with van der Waals surface area (Å²) in [5, 5.41) is 8.24. The van der Waals surface area contributed by atoms with Crippen molar-refractivity contribution < 1.29 is 13.2 Å². The van der Waals surface area contributed by atoms with Gasteiger partial charge in [0.1, 0.15) is 17.5 Å². The summed E-state index contributed by atoms with van der Waals surface area (Å²) in [6.45, 7) is 4.08. The van der Waals surface area contributed by atoms with Crippen molar-refractivity contribution in [3.63, 3.8) is 0 Å². The minimum atomic E-state index is -4.41. The van der Waals surface area contributed by atoms with E-state index in [0.717, 1.165) is 37.1 Å². The Morgan fingerprint density at radius 3 is 2.73 bits per heavy atom. The molecule has 1 atom stereocenters. The number of halogens is 3. The molecule has 0 spiro atoms. The van der Waals surface area contributed by atoms with E-state index in [1.165, 1.54) is 12.3 Å². The summed E-state index contributed by atoms with van der Waals surface area (Å²) in [5.41, 5.74) is -0.691. The Morgan fingerprint density at radius 1 is 1.31 bits per heavy atom. The number of nitrogens with zero attached hydrogens (tertiary/aromatic N) is 6. The lowest BCUT2D eigenvalue weighted by atomic mass is 10.0. The highest BCUT2D eigenvalue weighted by atomic mass is 19.4. The molecule has 2 aromatic rings. The van der Waals surface area contributed by atoms with Gasteiger partial charge in [0.2, 0.25) is 0 Å². The minimum Gasteiger partial charge on any atom is -0.355 e. The van der Waals surface area contributed by atoms with Crippen molar-refractivity contribution >= 4 is 5.82 Å². The van der Waals surface area contributed by atoms with Crippen LogP contribution in [0.2, 0.25) is 0 Å². The average molecular weight is 368 g/mol. The fourth-order valence-corrected chi connectivity index (χ4v) is 3.35. The molecule has 1 fully saturated rings. The van der Waals surface area contributed by atoms with E-state index >= 15 is 0 Å². The first-order valence-corrected chi connectivity index (χ1v) is 8.59. The molecule has 9 heteroatoms. The average Bonchev–Trinajstić information content (AvgIpc) is 2.93. The van der Waals surface area contributed by atoms with Crippen LogP contribution in [0.25, 0.3) is 0 Å². The highest BCUT2D eigenvalue weighted by Crippen LogP contribution is 2.36. The van der Waals surface area contributed by atoms with E-state index in [9.17, 15) is 13.2 Å². The molecule has 3 rings (SSSR count). The largest absolute Gasteiger partial charge is 0.419 e. The molecule has 1 saturated heterocycles. The third kappa shape index (κ3) is 3.82. The van der Waals surface area contributed by atoms with Crippen molar-refractivity contribution in [3.8, 4) is 0 Å². The van der Waals surface area contributed by atoms with Crippen LogP contribution in [-0.4, -0.2) is 50.8 Å². The van der Waals surface area contributed by atoms with Crippen LogP contribution in [0.3, 0.4) is 0 Å². The summed E-state index contributed by atoms with van der Waals surface area (Å²) in [6, 6.07) is 2.37. The van der Waals surface area contributed by atoms with E-state index in [4.69, 9.17) is 0 Å². The second-order valence-corrected chi connectivity index (χ2v) is 6.74. The first-order valence-electron chi connectivity index (χ1n) is 8.59. The molecule has 0 radical (unpaired) electrons. The normalized spacial score (nSPS) is 18.9. The van der Waals surface area contributed by atoms with Crippen LogP contribution in [-0.2, 0) is 19.8 Å². The van der Waals surface area contributed by atoms with Crippen LogP contribution in [0.4, 0.5) is 19.0 Å². The van der Waals surface area contributed by atoms with Gasteiger partial charge in [-0.1, -0.05) is 0 Å². The van der Waals surface area contributed by atoms with Crippen LogP contribution < -0.4 is 4.90 Å². The standard InChI is InChI=1S/C17H23F3N6/c1-12-22-23-15(24(12)2)11-26-9-5-6-13(10-26)25(3)16-14(17(18,19)20)7-4-8-21-16/h4,7-8,13H,5-6,9-11H2,1-3H3. The number of likely N-dealkylation sites (tertiary alicyclic amines) is 1. The van der Waals surface area contributed by atoms with Gasteiger partial charge in [-0.2, -0.15) is 13.2 Å². The number of alkyl halides is 3. The quantitative estimate of drug-likeness (QED) is 0.830. The van der Waals surface area contributed by atoms with Crippen LogP contribution in [0.15, 0.2) is 18.3 Å². The van der Waals surface area contributed by atoms with Crippen LogP contribution in [0.1, 0.15) is 30.1 Å². The molecule has 0 saturated carbocycles. The van der Waals surface area contributed by atoms with Gasteiger partial charge in [-0.15, -0.1) is 10.2 Å². The third-order valence-electron chi connectivity index (χ3n) is 5.00. The lowest BCUT2D eigenvalue weighted by Crippen LogP contribution is -2.47. The van der Waals surface area contributed by atoms with Gasteiger partial charge in [0, 0.05) is 32.9 Å². The number of hydrogen-bond donors (Lipinski definition) is 0. The van der Waals surface area contributed by atoms with Crippen LogP contribution >= 0.6 is 0 Å². The van der Waals surface area contributed by atoms with Gasteiger partial charge in [-0.3, -0.25) is 4.90 Å². The Hall–Kier alpha value is -2.16. The van der Waals surface area contributed by atoms with E-state index in [1.54, 1.807) is 11.9 Å². The zero-order chi connectivity index (χ0) is 18.9. The highest BCUT2D eigenvalue weighted by molar-refractivity contribution is 5.48. The molecule has 2 aromatic heterocycles. The van der Waals surface area contributed by atoms with Gasteiger partial charge in [0.15, 0.2) is 0 Å². The maximum absolute atomic E-state index is 13.3. The number of rotatable bonds is 4. The molecular formula is C17H23F3N6. The fourth-order valence-electron chi connectivity index (χ4n) is 3.35. The lowest BCUT2D eigenvalue weighted by Gasteiger charge is -2.38. The lowest BCUT2D eigenvalue weighted by molar-refractivity contribution is -0.137. The first-order chi connectivity index (χ1) is 12.3. The molecule has 1 unspecified atom stereocenters. The molecule has 0 N–H and O–H groups in total. The van der Waals surface area contributed by atoms with E-state index in [2.05, 4.69) is 20.1 Å². The zero-order valence-electron chi connectivity index (χ0n) is 15.2. The zero-order valence-corrected chi connectivity index (χ0v) is 15.2. The SMILES string of the molecule is Cc1nnc(CN2CCCC(N(C)c3ncccc3C(F)(F)F)C2)n1C. The van der Waals surface area contributed by atoms with Gasteiger partial charge in [-0.25, -0.2) is 4.98 Å². The molecule has 142 valence electrons. The number of anilines is 1. The van der Waals surface area contributed by atoms with Gasteiger partial charge >= 0.3 is 6.18 Å². The van der Waals surface area contributed by atoms with Gasteiger partial charge in [0.05, 0.1) is 12.1 Å². The molecule has 0 aliphatic carbocycles. The molecule has 1 aliphatic heterocycles. The Morgan fingerprint density at radius 2 is 2.08 bits per heavy atom. The monoisotopic (exact) mass is 368 g/mol. The number of piperidine rings is 1. The van der Waals surface area contributed by atoms with Crippen molar-refractivity contribution in [2.75, 3.05) is 25.0 Å². The van der Waals surface area contributed by atoms with Crippen LogP contribution in [0.5, 0.6) is 0 Å². The maximum atomic E-state index is 13.3. The number of aryl methyl sites for hydroxylation is 1. The Labute approximate surface area is 150 Å². The molecule has 0 bridgehead atoms. The highest BCUT2D eigenvalue weighted by Gasteiger charge is 2.36. The predicted octanol–water partition coefficient (Wildman–Crippen LogP) is 2.64. The summed E-state index contributed by atoms with van der Waals surface area (Å²) in [6.07, 6.45) is -1.26. The number of aromatic nitrogens is 4. The molecule has 0 amide bonds. The Kier molecular flexibility index (Phi) is 5.17. The molecular weight excluding hydrogens is 345 g/mol. The third-order valence-corrected chi connectivity index (χ3v) is 5.00. The van der Waals surface area contributed by atoms with Crippen molar-refractivity contribution in [2.24, 2.45) is 7.05 Å². The summed E-state index contributed by atoms with van der Waals surface area (Å²) in [7, 11) is 3.61. The second-order valence-electron chi connectivity index (χ2n) is 6.74. The molecule has 3 heterocycles. The van der Waals surface area contributed by atoms with E-state index in [0.29, 0.717) is 13.1 Å². The first kappa shape index (κ1) is 18.6. The van der Waals surface area contributed by atoms with Gasteiger partial charge < -0.3 is 9.47 Å². The molecule has 6 nitrogen and oxygen atoms in total. The van der Waals surface area contributed by atoms with Crippen molar-refractivity contribution in [1.82, 2.24) is 24.6 Å². The summed E-state index contributed by atoms with van der Waals surface area (Å²) in [5.74, 6) is 1.69. The molecule has 0 aromatic carbocycles. The van der Waals surface area contributed by atoms with Crippen molar-refractivity contribution in [3.05, 3.63) is 35.5 Å². The van der Waals surface area contributed by atoms with Crippen molar-refractivity contribution in [2.45, 2.75) is 38.5 Å². The smallest absolute Gasteiger partial charge is 0.355 e. The van der Waals surface area contributed by atoms with E-state index < -0.39 is 11.7 Å². The summed E-state index contributed by atoms with van der Waals surface area (Å²) < 4.78 is 41.8. The predicted molar refractivity (Wildman–Crippen MR) is 91.7 cm³/mol. The van der Waals surface area contributed by atoms with Crippen molar-refractivity contribution in [1.29, 1.82) is 0 Å². The maximum Gasteiger partial charge on any atom is 0.419 e. The number of likely N-dealkylation sites (N-methyl/N-ethyl adjacent to an activating group) is 1. The van der Waals surface area contributed by atoms with Crippen LogP contribution in [0, 0.1) is 6.92 Å². The summed E-state index contributed by atoms with van der Waals surface area (Å²) in [4.78, 5) is 7.88.